The molecule has 2 aliphatic rings. The lowest BCUT2D eigenvalue weighted by molar-refractivity contribution is -0.127. The Morgan fingerprint density at radius 1 is 1.23 bits per heavy atom. The Morgan fingerprint density at radius 2 is 1.92 bits per heavy atom. The van der Waals surface area contributed by atoms with Crippen molar-refractivity contribution in [1.82, 2.24) is 14.9 Å². The van der Waals surface area contributed by atoms with Crippen LogP contribution in [0, 0.1) is 22.2 Å². The Bertz CT molecular complexity index is 1010. The average Bonchev–Trinajstić information content (AvgIpc) is 2.61. The topological polar surface area (TPSA) is 87.0 Å². The number of benzene rings is 1. The Balaban J connectivity index is 1.57. The first-order chi connectivity index (χ1) is 12.3. The molecule has 1 fully saturated rings. The Morgan fingerprint density at radius 3 is 2.62 bits per heavy atom. The summed E-state index contributed by atoms with van der Waals surface area (Å²) in [6.45, 7) is 4.70. The van der Waals surface area contributed by atoms with Crippen molar-refractivity contribution in [3.8, 4) is 6.07 Å². The van der Waals surface area contributed by atoms with E-state index in [1.165, 1.54) is 6.20 Å². The smallest absolute Gasteiger partial charge is 0.274 e. The van der Waals surface area contributed by atoms with Crippen LogP contribution in [0.2, 0.25) is 0 Å². The molecule has 4 rings (SSSR count). The van der Waals surface area contributed by atoms with Crippen molar-refractivity contribution in [2.24, 2.45) is 10.8 Å². The van der Waals surface area contributed by atoms with Crippen LogP contribution in [0.5, 0.6) is 0 Å². The normalized spacial score (nSPS) is 20.4. The number of amides is 1. The second kappa shape index (κ2) is 5.46. The molecule has 0 unspecified atom stereocenters. The Kier molecular flexibility index (Phi) is 3.45. The molecule has 2 heterocycles. The summed E-state index contributed by atoms with van der Waals surface area (Å²) in [6, 6.07) is 9.43. The van der Waals surface area contributed by atoms with Gasteiger partial charge >= 0.3 is 0 Å². The fourth-order valence-electron chi connectivity index (χ4n) is 4.11. The van der Waals surface area contributed by atoms with Gasteiger partial charge in [-0.25, -0.2) is 4.98 Å². The summed E-state index contributed by atoms with van der Waals surface area (Å²) in [5.41, 5.74) is 1.07. The molecule has 0 bridgehead atoms. The summed E-state index contributed by atoms with van der Waals surface area (Å²) in [4.78, 5) is 35.4. The summed E-state index contributed by atoms with van der Waals surface area (Å²) >= 11 is 0. The molecule has 6 heteroatoms. The SMILES string of the molecule is CC1(C)CC2(C=C(C#N)C1=O)CN(C(=O)c1cnc3ccccc3n1)C2. The van der Waals surface area contributed by atoms with Gasteiger partial charge in [0.1, 0.15) is 11.8 Å². The molecule has 1 amide bonds. The predicted molar refractivity (Wildman–Crippen MR) is 95.0 cm³/mol. The zero-order valence-electron chi connectivity index (χ0n) is 14.7. The Hall–Kier alpha value is -3.07. The van der Waals surface area contributed by atoms with Crippen molar-refractivity contribution >= 4 is 22.7 Å². The molecule has 130 valence electrons. The van der Waals surface area contributed by atoms with E-state index >= 15 is 0 Å². The lowest BCUT2D eigenvalue weighted by atomic mass is 9.61. The first-order valence-corrected chi connectivity index (χ1v) is 8.52. The summed E-state index contributed by atoms with van der Waals surface area (Å²) in [7, 11) is 0. The zero-order chi connectivity index (χ0) is 18.5. The van der Waals surface area contributed by atoms with Crippen LogP contribution < -0.4 is 0 Å². The second-order valence-electron chi connectivity index (χ2n) is 7.83. The fraction of sp³-hybridized carbons (Fsp3) is 0.350. The van der Waals surface area contributed by atoms with Crippen molar-refractivity contribution in [3.05, 3.63) is 47.8 Å². The van der Waals surface area contributed by atoms with Crippen molar-refractivity contribution in [2.45, 2.75) is 20.3 Å². The molecule has 2 aromatic rings. The van der Waals surface area contributed by atoms with E-state index in [2.05, 4.69) is 9.97 Å². The van der Waals surface area contributed by atoms with Crippen LogP contribution in [0.15, 0.2) is 42.1 Å². The highest BCUT2D eigenvalue weighted by molar-refractivity contribution is 6.04. The van der Waals surface area contributed by atoms with Gasteiger partial charge in [-0.3, -0.25) is 14.6 Å². The van der Waals surface area contributed by atoms with Crippen molar-refractivity contribution in [2.75, 3.05) is 13.1 Å². The lowest BCUT2D eigenvalue weighted by Crippen LogP contribution is -2.61. The minimum Gasteiger partial charge on any atom is -0.335 e. The lowest BCUT2D eigenvalue weighted by Gasteiger charge is -2.53. The summed E-state index contributed by atoms with van der Waals surface area (Å²) in [6.07, 6.45) is 3.90. The standard InChI is InChI=1S/C20H18N4O2/c1-19(2)10-20(7-13(8-21)17(19)25)11-24(12-20)18(26)16-9-22-14-5-3-4-6-15(14)23-16/h3-7,9H,10-12H2,1-2H3. The van der Waals surface area contributed by atoms with E-state index in [1.54, 1.807) is 11.0 Å². The summed E-state index contributed by atoms with van der Waals surface area (Å²) < 4.78 is 0. The van der Waals surface area contributed by atoms with Crippen molar-refractivity contribution in [1.29, 1.82) is 5.26 Å². The number of fused-ring (bicyclic) bond motifs is 1. The number of likely N-dealkylation sites (tertiary alicyclic amines) is 1. The van der Waals surface area contributed by atoms with Gasteiger partial charge in [-0.1, -0.05) is 32.1 Å². The molecule has 1 saturated heterocycles. The van der Waals surface area contributed by atoms with E-state index < -0.39 is 5.41 Å². The van der Waals surface area contributed by atoms with Crippen molar-refractivity contribution in [3.63, 3.8) is 0 Å². The number of para-hydroxylation sites is 2. The van der Waals surface area contributed by atoms with Crippen LogP contribution in [0.25, 0.3) is 11.0 Å². The van der Waals surface area contributed by atoms with E-state index in [9.17, 15) is 14.9 Å². The van der Waals surface area contributed by atoms with E-state index in [-0.39, 0.29) is 22.7 Å². The van der Waals surface area contributed by atoms with Crippen LogP contribution in [0.4, 0.5) is 0 Å². The van der Waals surface area contributed by atoms with Crippen LogP contribution in [0.1, 0.15) is 30.8 Å². The molecule has 26 heavy (non-hydrogen) atoms. The van der Waals surface area contributed by atoms with Gasteiger partial charge in [0, 0.05) is 23.9 Å². The monoisotopic (exact) mass is 346 g/mol. The Labute approximate surface area is 151 Å². The van der Waals surface area contributed by atoms with Crippen LogP contribution in [0.3, 0.4) is 0 Å². The molecule has 0 radical (unpaired) electrons. The number of hydrogen-bond acceptors (Lipinski definition) is 5. The van der Waals surface area contributed by atoms with Crippen LogP contribution in [-0.4, -0.2) is 39.6 Å². The van der Waals surface area contributed by atoms with Gasteiger partial charge in [-0.05, 0) is 18.6 Å². The molecule has 1 aliphatic carbocycles. The maximum absolute atomic E-state index is 12.7. The van der Waals surface area contributed by atoms with Gasteiger partial charge < -0.3 is 4.90 Å². The highest BCUT2D eigenvalue weighted by Gasteiger charge is 2.52. The number of carbonyl (C=O) groups is 2. The maximum atomic E-state index is 12.7. The minimum atomic E-state index is -0.586. The van der Waals surface area contributed by atoms with Crippen LogP contribution in [-0.2, 0) is 4.79 Å². The quantitative estimate of drug-likeness (QED) is 0.792. The molecular formula is C20H18N4O2. The van der Waals surface area contributed by atoms with E-state index in [4.69, 9.17) is 0 Å². The third-order valence-electron chi connectivity index (χ3n) is 5.19. The predicted octanol–water partition coefficient (Wildman–Crippen LogP) is 2.52. The molecule has 0 saturated carbocycles. The van der Waals surface area contributed by atoms with Gasteiger partial charge in [0.25, 0.3) is 5.91 Å². The van der Waals surface area contributed by atoms with E-state index in [0.29, 0.717) is 30.7 Å². The van der Waals surface area contributed by atoms with Crippen LogP contribution >= 0.6 is 0 Å². The number of hydrogen-bond donors (Lipinski definition) is 0. The minimum absolute atomic E-state index is 0.115. The van der Waals surface area contributed by atoms with Gasteiger partial charge in [0.05, 0.1) is 22.8 Å². The summed E-state index contributed by atoms with van der Waals surface area (Å²) in [5, 5.41) is 9.26. The summed E-state index contributed by atoms with van der Waals surface area (Å²) in [5.74, 6) is -0.286. The molecule has 1 spiro atoms. The van der Waals surface area contributed by atoms with E-state index in [1.807, 2.05) is 44.2 Å². The number of ketones is 1. The molecule has 1 aromatic carbocycles. The van der Waals surface area contributed by atoms with Crippen molar-refractivity contribution < 1.29 is 9.59 Å². The molecule has 1 aliphatic heterocycles. The number of carbonyl (C=O) groups excluding carboxylic acids is 2. The molecule has 1 aromatic heterocycles. The highest BCUT2D eigenvalue weighted by Crippen LogP contribution is 2.48. The van der Waals surface area contributed by atoms with Gasteiger partial charge in [-0.15, -0.1) is 0 Å². The number of allylic oxidation sites excluding steroid dienone is 1. The fourth-order valence-corrected chi connectivity index (χ4v) is 4.11. The zero-order valence-corrected chi connectivity index (χ0v) is 14.7. The first kappa shape index (κ1) is 16.4. The number of aromatic nitrogens is 2. The van der Waals surface area contributed by atoms with E-state index in [0.717, 1.165) is 5.52 Å². The number of Topliss-reactive ketones (excluding diaryl/α,β-unsaturated/α-hetero) is 1. The first-order valence-electron chi connectivity index (χ1n) is 8.52. The van der Waals surface area contributed by atoms with Gasteiger partial charge in [0.15, 0.2) is 5.78 Å². The molecule has 0 N–H and O–H groups in total. The van der Waals surface area contributed by atoms with Gasteiger partial charge in [-0.2, -0.15) is 5.26 Å². The maximum Gasteiger partial charge on any atom is 0.274 e. The number of nitriles is 1. The number of nitrogens with zero attached hydrogens (tertiary/aromatic N) is 4. The third-order valence-corrected chi connectivity index (χ3v) is 5.19. The third kappa shape index (κ3) is 2.48. The highest BCUT2D eigenvalue weighted by atomic mass is 16.2. The molecule has 6 nitrogen and oxygen atoms in total. The number of rotatable bonds is 1. The van der Waals surface area contributed by atoms with Gasteiger partial charge in [0.2, 0.25) is 0 Å². The largest absolute Gasteiger partial charge is 0.335 e. The molecule has 0 atom stereocenters. The second-order valence-corrected chi connectivity index (χ2v) is 7.83. The average molecular weight is 346 g/mol. The molecular weight excluding hydrogens is 328 g/mol.